The van der Waals surface area contributed by atoms with Crippen LogP contribution < -0.4 is 5.32 Å². The number of piperidine rings is 1. The van der Waals surface area contributed by atoms with Crippen molar-refractivity contribution in [3.05, 3.63) is 15.5 Å². The zero-order chi connectivity index (χ0) is 11.4. The van der Waals surface area contributed by atoms with Crippen LogP contribution in [0.2, 0.25) is 4.34 Å². The number of thiazole rings is 1. The number of nitrogens with zero attached hydrogens (tertiary/aromatic N) is 2. The number of aromatic nitrogens is 1. The maximum absolute atomic E-state index is 5.83. The first kappa shape index (κ1) is 12.3. The molecule has 5 heteroatoms. The molecule has 1 atom stereocenters. The van der Waals surface area contributed by atoms with E-state index >= 15 is 0 Å². The van der Waals surface area contributed by atoms with E-state index in [0.717, 1.165) is 28.4 Å². The summed E-state index contributed by atoms with van der Waals surface area (Å²) < 4.78 is 0.772. The summed E-state index contributed by atoms with van der Waals surface area (Å²) in [5.41, 5.74) is 0. The molecule has 0 spiro atoms. The van der Waals surface area contributed by atoms with Gasteiger partial charge in [0.25, 0.3) is 0 Å². The molecule has 1 unspecified atom stereocenters. The highest BCUT2D eigenvalue weighted by molar-refractivity contribution is 7.15. The number of rotatable bonds is 4. The van der Waals surface area contributed by atoms with Crippen molar-refractivity contribution >= 4 is 22.9 Å². The summed E-state index contributed by atoms with van der Waals surface area (Å²) in [6, 6.07) is 0. The van der Waals surface area contributed by atoms with Crippen LogP contribution >= 0.6 is 22.9 Å². The summed E-state index contributed by atoms with van der Waals surface area (Å²) in [5.74, 6) is 0.786. The van der Waals surface area contributed by atoms with Gasteiger partial charge in [-0.25, -0.2) is 4.98 Å². The zero-order valence-corrected chi connectivity index (χ0v) is 11.2. The highest BCUT2D eigenvalue weighted by Crippen LogP contribution is 2.18. The maximum Gasteiger partial charge on any atom is 0.113 e. The van der Waals surface area contributed by atoms with Crippen LogP contribution in [0.5, 0.6) is 0 Å². The Kier molecular flexibility index (Phi) is 4.58. The molecule has 1 saturated heterocycles. The monoisotopic (exact) mass is 259 g/mol. The van der Waals surface area contributed by atoms with Gasteiger partial charge in [0.05, 0.1) is 6.20 Å². The molecule has 0 saturated carbocycles. The van der Waals surface area contributed by atoms with Crippen molar-refractivity contribution in [3.63, 3.8) is 0 Å². The molecule has 0 aromatic carbocycles. The van der Waals surface area contributed by atoms with Gasteiger partial charge >= 0.3 is 0 Å². The van der Waals surface area contributed by atoms with Crippen molar-refractivity contribution in [2.45, 2.75) is 19.4 Å². The quantitative estimate of drug-likeness (QED) is 0.899. The number of likely N-dealkylation sites (tertiary alicyclic amines) is 1. The molecule has 1 aromatic rings. The molecule has 16 heavy (non-hydrogen) atoms. The first-order valence-corrected chi connectivity index (χ1v) is 6.93. The summed E-state index contributed by atoms with van der Waals surface area (Å²) in [5, 5.41) is 4.55. The topological polar surface area (TPSA) is 28.2 Å². The van der Waals surface area contributed by atoms with Gasteiger partial charge < -0.3 is 10.2 Å². The number of hydrogen-bond acceptors (Lipinski definition) is 4. The Labute approximate surface area is 106 Å². The van der Waals surface area contributed by atoms with Gasteiger partial charge in [-0.3, -0.25) is 0 Å². The molecule has 0 radical (unpaired) electrons. The molecule has 0 bridgehead atoms. The van der Waals surface area contributed by atoms with Crippen molar-refractivity contribution in [2.24, 2.45) is 5.92 Å². The molecule has 90 valence electrons. The van der Waals surface area contributed by atoms with E-state index in [9.17, 15) is 0 Å². The van der Waals surface area contributed by atoms with Crippen molar-refractivity contribution < 1.29 is 0 Å². The van der Waals surface area contributed by atoms with Crippen molar-refractivity contribution in [1.82, 2.24) is 15.2 Å². The fraction of sp³-hybridized carbons (Fsp3) is 0.727. The minimum atomic E-state index is 0.772. The normalized spacial score (nSPS) is 22.5. The molecule has 0 aliphatic carbocycles. The molecule has 1 fully saturated rings. The van der Waals surface area contributed by atoms with E-state index in [0.29, 0.717) is 0 Å². The fourth-order valence-electron chi connectivity index (χ4n) is 2.19. The van der Waals surface area contributed by atoms with Crippen LogP contribution in [0.4, 0.5) is 0 Å². The summed E-state index contributed by atoms with van der Waals surface area (Å²) in [4.78, 5) is 6.64. The van der Waals surface area contributed by atoms with Crippen LogP contribution in [0.25, 0.3) is 0 Å². The van der Waals surface area contributed by atoms with E-state index in [-0.39, 0.29) is 0 Å². The molecule has 0 amide bonds. The van der Waals surface area contributed by atoms with Crippen LogP contribution in [-0.4, -0.2) is 36.6 Å². The molecule has 2 heterocycles. The van der Waals surface area contributed by atoms with Crippen LogP contribution in [0, 0.1) is 5.92 Å². The van der Waals surface area contributed by atoms with Gasteiger partial charge in [-0.05, 0) is 38.9 Å². The van der Waals surface area contributed by atoms with E-state index in [4.69, 9.17) is 11.6 Å². The minimum Gasteiger partial charge on any atom is -0.310 e. The van der Waals surface area contributed by atoms with Crippen LogP contribution in [0.15, 0.2) is 6.20 Å². The Morgan fingerprint density at radius 3 is 3.25 bits per heavy atom. The lowest BCUT2D eigenvalue weighted by molar-refractivity contribution is 0.206. The average molecular weight is 260 g/mol. The first-order chi connectivity index (χ1) is 7.74. The van der Waals surface area contributed by atoms with Gasteiger partial charge in [0, 0.05) is 13.1 Å². The second-order valence-electron chi connectivity index (χ2n) is 4.46. The van der Waals surface area contributed by atoms with Crippen molar-refractivity contribution in [2.75, 3.05) is 26.7 Å². The molecule has 1 N–H and O–H groups in total. The number of hydrogen-bond donors (Lipinski definition) is 1. The van der Waals surface area contributed by atoms with Crippen molar-refractivity contribution in [3.8, 4) is 0 Å². The van der Waals surface area contributed by atoms with E-state index in [2.05, 4.69) is 22.2 Å². The number of halogens is 1. The lowest BCUT2D eigenvalue weighted by Gasteiger charge is -2.29. The van der Waals surface area contributed by atoms with E-state index < -0.39 is 0 Å². The first-order valence-electron chi connectivity index (χ1n) is 5.73. The van der Waals surface area contributed by atoms with Gasteiger partial charge in [-0.15, -0.1) is 11.3 Å². The summed E-state index contributed by atoms with van der Waals surface area (Å²) >= 11 is 7.38. The van der Waals surface area contributed by atoms with Crippen LogP contribution in [0.1, 0.15) is 17.8 Å². The van der Waals surface area contributed by atoms with Gasteiger partial charge in [0.15, 0.2) is 0 Å². The fourth-order valence-corrected chi connectivity index (χ4v) is 3.12. The van der Waals surface area contributed by atoms with E-state index in [1.807, 2.05) is 0 Å². The molecular formula is C11H18ClN3S. The smallest absolute Gasteiger partial charge is 0.113 e. The third-order valence-electron chi connectivity index (χ3n) is 2.96. The molecule has 2 rings (SSSR count). The highest BCUT2D eigenvalue weighted by Gasteiger charge is 2.16. The van der Waals surface area contributed by atoms with E-state index in [1.165, 1.54) is 25.9 Å². The zero-order valence-electron chi connectivity index (χ0n) is 9.58. The standard InChI is InChI=1S/C11H18ClN3S/c1-15-4-2-3-9(8-15)5-13-7-11-14-6-10(12)16-11/h6,9,13H,2-5,7-8H2,1H3. The third kappa shape index (κ3) is 3.70. The summed E-state index contributed by atoms with van der Waals surface area (Å²) in [7, 11) is 2.20. The van der Waals surface area contributed by atoms with Gasteiger partial charge in [0.2, 0.25) is 0 Å². The lowest BCUT2D eigenvalue weighted by atomic mass is 9.98. The maximum atomic E-state index is 5.83. The Morgan fingerprint density at radius 1 is 1.69 bits per heavy atom. The Morgan fingerprint density at radius 2 is 2.56 bits per heavy atom. The van der Waals surface area contributed by atoms with E-state index in [1.54, 1.807) is 17.5 Å². The largest absolute Gasteiger partial charge is 0.310 e. The Hall–Kier alpha value is -0.160. The predicted molar refractivity (Wildman–Crippen MR) is 69.1 cm³/mol. The second kappa shape index (κ2) is 5.96. The highest BCUT2D eigenvalue weighted by atomic mass is 35.5. The van der Waals surface area contributed by atoms with Gasteiger partial charge in [-0.1, -0.05) is 11.6 Å². The molecule has 1 aromatic heterocycles. The molecular weight excluding hydrogens is 242 g/mol. The van der Waals surface area contributed by atoms with Gasteiger partial charge in [-0.2, -0.15) is 0 Å². The van der Waals surface area contributed by atoms with Crippen LogP contribution in [0.3, 0.4) is 0 Å². The molecule has 1 aliphatic heterocycles. The SMILES string of the molecule is CN1CCCC(CNCc2ncc(Cl)s2)C1. The average Bonchev–Trinajstić information content (AvgIpc) is 2.64. The number of nitrogens with one attached hydrogen (secondary N) is 1. The minimum absolute atomic E-state index is 0.772. The second-order valence-corrected chi connectivity index (χ2v) is 6.21. The molecule has 1 aliphatic rings. The predicted octanol–water partition coefficient (Wildman–Crippen LogP) is 2.23. The lowest BCUT2D eigenvalue weighted by Crippen LogP contribution is -2.37. The molecule has 3 nitrogen and oxygen atoms in total. The van der Waals surface area contributed by atoms with Crippen molar-refractivity contribution in [1.29, 1.82) is 0 Å². The van der Waals surface area contributed by atoms with Gasteiger partial charge in [0.1, 0.15) is 9.34 Å². The third-order valence-corrected chi connectivity index (χ3v) is 4.07. The Balaban J connectivity index is 1.67. The summed E-state index contributed by atoms with van der Waals surface area (Å²) in [6.07, 6.45) is 4.39. The van der Waals surface area contributed by atoms with Crippen LogP contribution in [-0.2, 0) is 6.54 Å². The Bertz CT molecular complexity index is 329. The summed E-state index contributed by atoms with van der Waals surface area (Å²) in [6.45, 7) is 4.39.